The molecule has 4 nitrogen and oxygen atoms in total. The molecule has 110 valence electrons. The van der Waals surface area contributed by atoms with E-state index in [1.165, 1.54) is 11.3 Å². The van der Waals surface area contributed by atoms with Crippen LogP contribution in [0, 0.1) is 0 Å². The fourth-order valence-corrected chi connectivity index (χ4v) is 2.77. The van der Waals surface area contributed by atoms with Crippen molar-refractivity contribution in [2.24, 2.45) is 0 Å². The number of benzene rings is 2. The van der Waals surface area contributed by atoms with Crippen LogP contribution in [0.3, 0.4) is 0 Å². The Balaban J connectivity index is 1.85. The molecule has 0 radical (unpaired) electrons. The van der Waals surface area contributed by atoms with Gasteiger partial charge in [0.1, 0.15) is 16.4 Å². The Morgan fingerprint density at radius 2 is 1.95 bits per heavy atom. The van der Waals surface area contributed by atoms with E-state index in [9.17, 15) is 4.79 Å². The predicted molar refractivity (Wildman–Crippen MR) is 88.5 cm³/mol. The largest absolute Gasteiger partial charge is 0.497 e. The summed E-state index contributed by atoms with van der Waals surface area (Å²) in [6.45, 7) is 0. The Labute approximate surface area is 132 Å². The Morgan fingerprint density at radius 1 is 1.14 bits per heavy atom. The SMILES string of the molecule is COc1cccc(C(=O)Nc2scnc2-c2ccccc2)c1. The van der Waals surface area contributed by atoms with Crippen LogP contribution in [-0.2, 0) is 0 Å². The number of hydrogen-bond acceptors (Lipinski definition) is 4. The first kappa shape index (κ1) is 14.3. The highest BCUT2D eigenvalue weighted by Crippen LogP contribution is 2.30. The van der Waals surface area contributed by atoms with Crippen LogP contribution in [0.25, 0.3) is 11.3 Å². The van der Waals surface area contributed by atoms with Gasteiger partial charge in [-0.15, -0.1) is 11.3 Å². The van der Waals surface area contributed by atoms with Crippen molar-refractivity contribution < 1.29 is 9.53 Å². The van der Waals surface area contributed by atoms with E-state index in [1.54, 1.807) is 36.9 Å². The number of anilines is 1. The van der Waals surface area contributed by atoms with Crippen molar-refractivity contribution in [3.05, 3.63) is 65.7 Å². The lowest BCUT2D eigenvalue weighted by molar-refractivity contribution is 0.102. The Hall–Kier alpha value is -2.66. The zero-order valence-corrected chi connectivity index (χ0v) is 12.8. The van der Waals surface area contributed by atoms with Crippen molar-refractivity contribution in [3.8, 4) is 17.0 Å². The van der Waals surface area contributed by atoms with Crippen molar-refractivity contribution in [2.75, 3.05) is 12.4 Å². The molecule has 0 saturated carbocycles. The molecule has 1 heterocycles. The monoisotopic (exact) mass is 310 g/mol. The minimum Gasteiger partial charge on any atom is -0.497 e. The fourth-order valence-electron chi connectivity index (χ4n) is 2.08. The molecule has 0 aliphatic rings. The van der Waals surface area contributed by atoms with E-state index in [-0.39, 0.29) is 5.91 Å². The van der Waals surface area contributed by atoms with E-state index in [1.807, 2.05) is 30.3 Å². The molecule has 1 amide bonds. The number of aromatic nitrogens is 1. The van der Waals surface area contributed by atoms with Gasteiger partial charge in [-0.1, -0.05) is 36.4 Å². The van der Waals surface area contributed by atoms with Gasteiger partial charge in [0, 0.05) is 11.1 Å². The van der Waals surface area contributed by atoms with E-state index in [4.69, 9.17) is 4.74 Å². The number of methoxy groups -OCH3 is 1. The number of nitrogens with zero attached hydrogens (tertiary/aromatic N) is 1. The molecule has 0 saturated heterocycles. The quantitative estimate of drug-likeness (QED) is 0.790. The molecule has 2 aromatic carbocycles. The topological polar surface area (TPSA) is 51.2 Å². The normalized spacial score (nSPS) is 10.2. The van der Waals surface area contributed by atoms with Crippen molar-refractivity contribution in [1.29, 1.82) is 0 Å². The van der Waals surface area contributed by atoms with Crippen LogP contribution in [0.4, 0.5) is 5.00 Å². The summed E-state index contributed by atoms with van der Waals surface area (Å²) in [7, 11) is 1.58. The van der Waals surface area contributed by atoms with Crippen LogP contribution in [-0.4, -0.2) is 18.0 Å². The highest BCUT2D eigenvalue weighted by Gasteiger charge is 2.13. The number of carbonyl (C=O) groups excluding carboxylic acids is 1. The summed E-state index contributed by atoms with van der Waals surface area (Å²) in [6.07, 6.45) is 0. The molecule has 22 heavy (non-hydrogen) atoms. The van der Waals surface area contributed by atoms with Gasteiger partial charge in [-0.05, 0) is 18.2 Å². The van der Waals surface area contributed by atoms with E-state index >= 15 is 0 Å². The van der Waals surface area contributed by atoms with Crippen molar-refractivity contribution >= 4 is 22.2 Å². The summed E-state index contributed by atoms with van der Waals surface area (Å²) in [4.78, 5) is 16.7. The Kier molecular flexibility index (Phi) is 4.16. The number of amides is 1. The van der Waals surface area contributed by atoms with Gasteiger partial charge in [-0.25, -0.2) is 4.98 Å². The van der Waals surface area contributed by atoms with Crippen molar-refractivity contribution in [3.63, 3.8) is 0 Å². The number of nitrogens with one attached hydrogen (secondary N) is 1. The summed E-state index contributed by atoms with van der Waals surface area (Å²) in [5, 5.41) is 3.65. The van der Waals surface area contributed by atoms with Gasteiger partial charge in [0.05, 0.1) is 12.6 Å². The maximum absolute atomic E-state index is 12.4. The van der Waals surface area contributed by atoms with Crippen LogP contribution in [0.1, 0.15) is 10.4 Å². The van der Waals surface area contributed by atoms with Gasteiger partial charge >= 0.3 is 0 Å². The van der Waals surface area contributed by atoms with Gasteiger partial charge in [-0.3, -0.25) is 4.79 Å². The zero-order chi connectivity index (χ0) is 15.4. The number of carbonyl (C=O) groups is 1. The third kappa shape index (κ3) is 2.99. The van der Waals surface area contributed by atoms with Gasteiger partial charge in [-0.2, -0.15) is 0 Å². The predicted octanol–water partition coefficient (Wildman–Crippen LogP) is 4.07. The number of rotatable bonds is 4. The van der Waals surface area contributed by atoms with Crippen LogP contribution in [0.15, 0.2) is 60.1 Å². The molecule has 0 bridgehead atoms. The second kappa shape index (κ2) is 6.41. The fraction of sp³-hybridized carbons (Fsp3) is 0.0588. The lowest BCUT2D eigenvalue weighted by atomic mass is 10.1. The first-order valence-electron chi connectivity index (χ1n) is 6.72. The summed E-state index contributed by atoms with van der Waals surface area (Å²) < 4.78 is 5.14. The van der Waals surface area contributed by atoms with Gasteiger partial charge in [0.15, 0.2) is 0 Å². The third-order valence-electron chi connectivity index (χ3n) is 3.17. The van der Waals surface area contributed by atoms with Crippen molar-refractivity contribution in [2.45, 2.75) is 0 Å². The minimum absolute atomic E-state index is 0.180. The van der Waals surface area contributed by atoms with E-state index in [2.05, 4.69) is 10.3 Å². The summed E-state index contributed by atoms with van der Waals surface area (Å²) in [6, 6.07) is 16.8. The van der Waals surface area contributed by atoms with Crippen LogP contribution in [0.5, 0.6) is 5.75 Å². The number of ether oxygens (including phenoxy) is 1. The van der Waals surface area contributed by atoms with Crippen molar-refractivity contribution in [1.82, 2.24) is 4.98 Å². The molecule has 0 aliphatic heterocycles. The summed E-state index contributed by atoms with van der Waals surface area (Å²) >= 11 is 1.40. The molecule has 1 N–H and O–H groups in total. The van der Waals surface area contributed by atoms with Gasteiger partial charge < -0.3 is 10.1 Å². The lowest BCUT2D eigenvalue weighted by Crippen LogP contribution is -2.11. The van der Waals surface area contributed by atoms with Gasteiger partial charge in [0.25, 0.3) is 5.91 Å². The third-order valence-corrected chi connectivity index (χ3v) is 3.92. The minimum atomic E-state index is -0.180. The van der Waals surface area contributed by atoms with Crippen LogP contribution >= 0.6 is 11.3 Å². The maximum Gasteiger partial charge on any atom is 0.256 e. The van der Waals surface area contributed by atoms with E-state index in [0.29, 0.717) is 11.3 Å². The molecule has 0 atom stereocenters. The molecular weight excluding hydrogens is 296 g/mol. The van der Waals surface area contributed by atoms with E-state index < -0.39 is 0 Å². The average Bonchev–Trinajstić information content (AvgIpc) is 3.04. The first-order chi connectivity index (χ1) is 10.8. The molecular formula is C17H14N2O2S. The molecule has 0 aliphatic carbocycles. The molecule has 3 aromatic rings. The Bertz CT molecular complexity index is 784. The lowest BCUT2D eigenvalue weighted by Gasteiger charge is -2.07. The first-order valence-corrected chi connectivity index (χ1v) is 7.60. The Morgan fingerprint density at radius 3 is 2.73 bits per heavy atom. The smallest absolute Gasteiger partial charge is 0.256 e. The second-order valence-corrected chi connectivity index (χ2v) is 5.44. The van der Waals surface area contributed by atoms with Gasteiger partial charge in [0.2, 0.25) is 0 Å². The summed E-state index contributed by atoms with van der Waals surface area (Å²) in [5.41, 5.74) is 4.03. The van der Waals surface area contributed by atoms with E-state index in [0.717, 1.165) is 16.3 Å². The molecule has 5 heteroatoms. The molecule has 0 unspecified atom stereocenters. The molecule has 3 rings (SSSR count). The highest BCUT2D eigenvalue weighted by atomic mass is 32.1. The number of hydrogen-bond donors (Lipinski definition) is 1. The standard InChI is InChI=1S/C17H14N2O2S/c1-21-14-9-5-8-13(10-14)16(20)19-17-15(18-11-22-17)12-6-3-2-4-7-12/h2-11H,1H3,(H,19,20). The van der Waals surface area contributed by atoms with Crippen LogP contribution in [0.2, 0.25) is 0 Å². The highest BCUT2D eigenvalue weighted by molar-refractivity contribution is 7.14. The average molecular weight is 310 g/mol. The molecule has 1 aromatic heterocycles. The molecule has 0 spiro atoms. The number of thiazole rings is 1. The van der Waals surface area contributed by atoms with Crippen LogP contribution < -0.4 is 10.1 Å². The molecule has 0 fully saturated rings. The second-order valence-electron chi connectivity index (χ2n) is 4.58. The zero-order valence-electron chi connectivity index (χ0n) is 11.9. The summed E-state index contributed by atoms with van der Waals surface area (Å²) in [5.74, 6) is 0.473. The maximum atomic E-state index is 12.4.